The molecular weight excluding hydrogens is 396 g/mol. The number of carbonyl (C=O) groups is 1. The van der Waals surface area contributed by atoms with Gasteiger partial charge in [-0.05, 0) is 24.7 Å². The molecule has 1 aliphatic heterocycles. The third kappa shape index (κ3) is 5.46. The Morgan fingerprint density at radius 2 is 1.79 bits per heavy atom. The number of nitrogens with one attached hydrogen (secondary N) is 1. The first-order valence-electron chi connectivity index (χ1n) is 9.28. The number of benzene rings is 2. The number of methoxy groups -OCH3 is 2. The van der Waals surface area contributed by atoms with Gasteiger partial charge in [0.25, 0.3) is 0 Å². The van der Waals surface area contributed by atoms with Gasteiger partial charge in [0.1, 0.15) is 0 Å². The molecule has 3 rings (SSSR count). The molecular formula is C21H25ClN2O5. The van der Waals surface area contributed by atoms with Crippen LogP contribution >= 0.6 is 11.6 Å². The second-order valence-electron chi connectivity index (χ2n) is 6.74. The van der Waals surface area contributed by atoms with Crippen LogP contribution in [0, 0.1) is 0 Å². The zero-order valence-corrected chi connectivity index (χ0v) is 17.5. The van der Waals surface area contributed by atoms with Crippen molar-refractivity contribution in [1.29, 1.82) is 0 Å². The van der Waals surface area contributed by atoms with Gasteiger partial charge in [-0.1, -0.05) is 17.7 Å². The van der Waals surface area contributed by atoms with Crippen LogP contribution < -0.4 is 24.3 Å². The molecule has 156 valence electrons. The maximum Gasteiger partial charge on any atom is 0.238 e. The van der Waals surface area contributed by atoms with Crippen molar-refractivity contribution in [3.05, 3.63) is 40.9 Å². The quantitative estimate of drug-likeness (QED) is 0.738. The summed E-state index contributed by atoms with van der Waals surface area (Å²) in [4.78, 5) is 14.4. The smallest absolute Gasteiger partial charge is 0.238 e. The Bertz CT molecular complexity index is 874. The highest BCUT2D eigenvalue weighted by atomic mass is 35.5. The summed E-state index contributed by atoms with van der Waals surface area (Å²) in [6, 6.07) is 9.06. The van der Waals surface area contributed by atoms with Crippen LogP contribution in [0.1, 0.15) is 12.0 Å². The van der Waals surface area contributed by atoms with Crippen molar-refractivity contribution in [2.45, 2.75) is 13.0 Å². The average Bonchev–Trinajstić information content (AvgIpc) is 2.92. The lowest BCUT2D eigenvalue weighted by atomic mass is 10.2. The fourth-order valence-electron chi connectivity index (χ4n) is 3.06. The lowest BCUT2D eigenvalue weighted by molar-refractivity contribution is -0.117. The van der Waals surface area contributed by atoms with Crippen LogP contribution in [0.3, 0.4) is 0 Å². The van der Waals surface area contributed by atoms with Crippen LogP contribution in [-0.2, 0) is 11.3 Å². The van der Waals surface area contributed by atoms with E-state index in [4.69, 9.17) is 30.5 Å². The van der Waals surface area contributed by atoms with Gasteiger partial charge in [-0.2, -0.15) is 0 Å². The molecule has 2 aromatic rings. The third-order valence-corrected chi connectivity index (χ3v) is 4.74. The monoisotopic (exact) mass is 420 g/mol. The first-order valence-corrected chi connectivity index (χ1v) is 9.66. The molecule has 1 N–H and O–H groups in total. The number of likely N-dealkylation sites (N-methyl/N-ethyl adjacent to an activating group) is 1. The topological polar surface area (TPSA) is 69.3 Å². The van der Waals surface area contributed by atoms with Crippen molar-refractivity contribution < 1.29 is 23.7 Å². The third-order valence-electron chi connectivity index (χ3n) is 4.43. The number of carbonyl (C=O) groups excluding carboxylic acids is 1. The molecule has 0 saturated heterocycles. The number of amides is 1. The van der Waals surface area contributed by atoms with Crippen LogP contribution in [-0.4, -0.2) is 51.8 Å². The minimum absolute atomic E-state index is 0.177. The van der Waals surface area contributed by atoms with E-state index in [1.165, 1.54) is 0 Å². The molecule has 2 aromatic carbocycles. The molecule has 0 bridgehead atoms. The summed E-state index contributed by atoms with van der Waals surface area (Å²) < 4.78 is 21.8. The summed E-state index contributed by atoms with van der Waals surface area (Å²) >= 11 is 6.30. The van der Waals surface area contributed by atoms with E-state index in [9.17, 15) is 4.79 Å². The number of hydrogen-bond donors (Lipinski definition) is 1. The lowest BCUT2D eigenvalue weighted by Gasteiger charge is -2.18. The van der Waals surface area contributed by atoms with Gasteiger partial charge in [0.15, 0.2) is 23.0 Å². The molecule has 0 aliphatic carbocycles. The van der Waals surface area contributed by atoms with Gasteiger partial charge in [0, 0.05) is 25.1 Å². The first kappa shape index (κ1) is 21.1. The van der Waals surface area contributed by atoms with Crippen LogP contribution in [0.25, 0.3) is 0 Å². The Morgan fingerprint density at radius 1 is 1.10 bits per heavy atom. The van der Waals surface area contributed by atoms with Crippen molar-refractivity contribution in [3.63, 3.8) is 0 Å². The van der Waals surface area contributed by atoms with Gasteiger partial charge in [0.2, 0.25) is 5.91 Å². The molecule has 1 heterocycles. The van der Waals surface area contributed by atoms with Crippen LogP contribution in [0.4, 0.5) is 5.69 Å². The highest BCUT2D eigenvalue weighted by molar-refractivity contribution is 6.34. The molecule has 8 heteroatoms. The minimum atomic E-state index is -0.177. The van der Waals surface area contributed by atoms with E-state index in [0.29, 0.717) is 53.5 Å². The van der Waals surface area contributed by atoms with Gasteiger partial charge >= 0.3 is 0 Å². The number of rotatable bonds is 7. The molecule has 1 aliphatic rings. The molecule has 0 radical (unpaired) electrons. The number of fused-ring (bicyclic) bond motifs is 1. The van der Waals surface area contributed by atoms with E-state index in [-0.39, 0.29) is 12.5 Å². The van der Waals surface area contributed by atoms with Crippen LogP contribution in [0.2, 0.25) is 5.02 Å². The molecule has 1 amide bonds. The number of anilines is 1. The Balaban J connectivity index is 1.61. The molecule has 0 fully saturated rings. The molecule has 0 atom stereocenters. The van der Waals surface area contributed by atoms with E-state index in [2.05, 4.69) is 5.32 Å². The highest BCUT2D eigenvalue weighted by Crippen LogP contribution is 2.37. The predicted molar refractivity (Wildman–Crippen MR) is 112 cm³/mol. The average molecular weight is 421 g/mol. The Morgan fingerprint density at radius 3 is 2.48 bits per heavy atom. The van der Waals surface area contributed by atoms with Gasteiger partial charge in [0.05, 0.1) is 44.7 Å². The van der Waals surface area contributed by atoms with Crippen molar-refractivity contribution in [2.75, 3.05) is 46.3 Å². The second-order valence-corrected chi connectivity index (χ2v) is 7.15. The molecule has 29 heavy (non-hydrogen) atoms. The van der Waals surface area contributed by atoms with E-state index < -0.39 is 0 Å². The van der Waals surface area contributed by atoms with Gasteiger partial charge < -0.3 is 24.3 Å². The summed E-state index contributed by atoms with van der Waals surface area (Å²) in [5.74, 6) is 2.32. The molecule has 0 saturated carbocycles. The van der Waals surface area contributed by atoms with E-state index in [1.54, 1.807) is 26.4 Å². The molecule has 0 unspecified atom stereocenters. The first-order chi connectivity index (χ1) is 14.0. The van der Waals surface area contributed by atoms with E-state index >= 15 is 0 Å². The summed E-state index contributed by atoms with van der Waals surface area (Å²) in [5.41, 5.74) is 1.51. The summed E-state index contributed by atoms with van der Waals surface area (Å²) in [6.07, 6.45) is 0.801. The second kappa shape index (κ2) is 9.71. The van der Waals surface area contributed by atoms with Crippen molar-refractivity contribution in [1.82, 2.24) is 4.90 Å². The van der Waals surface area contributed by atoms with Crippen LogP contribution in [0.5, 0.6) is 23.0 Å². The fraction of sp³-hybridized carbons (Fsp3) is 0.381. The number of hydrogen-bond acceptors (Lipinski definition) is 6. The Kier molecular flexibility index (Phi) is 7.06. The summed E-state index contributed by atoms with van der Waals surface area (Å²) in [5, 5.41) is 3.25. The SMILES string of the molecule is COc1ccc(CN(C)CC(=O)Nc2cc3c(cc2Cl)OCCCO3)cc1OC. The van der Waals surface area contributed by atoms with Gasteiger partial charge in [-0.15, -0.1) is 0 Å². The number of ether oxygens (including phenoxy) is 4. The summed E-state index contributed by atoms with van der Waals surface area (Å²) in [6.45, 7) is 1.91. The largest absolute Gasteiger partial charge is 0.493 e. The Labute approximate surface area is 175 Å². The van der Waals surface area contributed by atoms with Gasteiger partial charge in [-0.3, -0.25) is 9.69 Å². The standard InChI is InChI=1S/C21H25ClN2O5/c1-24(12-14-5-6-17(26-2)18(9-14)27-3)13-21(25)23-16-11-20-19(10-15(16)22)28-7-4-8-29-20/h5-6,9-11H,4,7-8,12-13H2,1-3H3,(H,23,25). The van der Waals surface area contributed by atoms with Crippen molar-refractivity contribution in [3.8, 4) is 23.0 Å². The lowest BCUT2D eigenvalue weighted by Crippen LogP contribution is -2.30. The van der Waals surface area contributed by atoms with Gasteiger partial charge in [-0.25, -0.2) is 0 Å². The summed E-state index contributed by atoms with van der Waals surface area (Å²) in [7, 11) is 5.06. The minimum Gasteiger partial charge on any atom is -0.493 e. The zero-order valence-electron chi connectivity index (χ0n) is 16.8. The number of halogens is 1. The normalized spacial score (nSPS) is 13.0. The number of nitrogens with zero attached hydrogens (tertiary/aromatic N) is 1. The highest BCUT2D eigenvalue weighted by Gasteiger charge is 2.16. The maximum atomic E-state index is 12.5. The molecule has 7 nitrogen and oxygen atoms in total. The van der Waals surface area contributed by atoms with Crippen LogP contribution in [0.15, 0.2) is 30.3 Å². The predicted octanol–water partition coefficient (Wildman–Crippen LogP) is 3.59. The van der Waals surface area contributed by atoms with E-state index in [1.807, 2.05) is 30.1 Å². The molecule has 0 aromatic heterocycles. The van der Waals surface area contributed by atoms with Crippen molar-refractivity contribution >= 4 is 23.2 Å². The van der Waals surface area contributed by atoms with E-state index in [0.717, 1.165) is 12.0 Å². The maximum absolute atomic E-state index is 12.5. The van der Waals surface area contributed by atoms with Crippen molar-refractivity contribution in [2.24, 2.45) is 0 Å². The fourth-order valence-corrected chi connectivity index (χ4v) is 3.26. The Hall–Kier alpha value is -2.64. The molecule has 0 spiro atoms. The zero-order chi connectivity index (χ0) is 20.8.